The Morgan fingerprint density at radius 2 is 2.25 bits per heavy atom. The summed E-state index contributed by atoms with van der Waals surface area (Å²) in [5.41, 5.74) is 2.71. The van der Waals surface area contributed by atoms with Gasteiger partial charge in [-0.1, -0.05) is 6.07 Å². The number of aryl methyl sites for hydroxylation is 1. The van der Waals surface area contributed by atoms with Crippen LogP contribution in [0.2, 0.25) is 0 Å². The summed E-state index contributed by atoms with van der Waals surface area (Å²) in [6, 6.07) is 4.68. The van der Waals surface area contributed by atoms with Crippen molar-refractivity contribution in [3.63, 3.8) is 0 Å². The number of hydrogen-bond donors (Lipinski definition) is 1. The first kappa shape index (κ1) is 10.8. The van der Waals surface area contributed by atoms with Crippen LogP contribution in [0.3, 0.4) is 0 Å². The summed E-state index contributed by atoms with van der Waals surface area (Å²) in [5, 5.41) is 12.9. The van der Waals surface area contributed by atoms with Gasteiger partial charge in [-0.15, -0.1) is 0 Å². The van der Waals surface area contributed by atoms with E-state index in [1.807, 2.05) is 6.92 Å². The molecule has 1 N–H and O–H groups in total. The lowest BCUT2D eigenvalue weighted by Gasteiger charge is -2.02. The fourth-order valence-corrected chi connectivity index (χ4v) is 1.63. The summed E-state index contributed by atoms with van der Waals surface area (Å²) >= 11 is 0. The molecule has 0 atom stereocenters. The molecule has 0 saturated carbocycles. The van der Waals surface area contributed by atoms with Gasteiger partial charge in [0.25, 0.3) is 0 Å². The van der Waals surface area contributed by atoms with E-state index in [1.54, 1.807) is 23.1 Å². The molecule has 0 saturated heterocycles. The Labute approximate surface area is 93.2 Å². The van der Waals surface area contributed by atoms with E-state index >= 15 is 0 Å². The zero-order chi connectivity index (χ0) is 11.5. The molecule has 0 aliphatic rings. The van der Waals surface area contributed by atoms with E-state index in [-0.39, 0.29) is 12.4 Å². The third kappa shape index (κ3) is 2.12. The second-order valence-electron chi connectivity index (χ2n) is 3.67. The molecule has 1 heterocycles. The van der Waals surface area contributed by atoms with Crippen LogP contribution in [0.5, 0.6) is 0 Å². The standard InChI is InChI=1S/C12H13FN2O/c1-9-2-3-11(13)6-12(9)10-7-14-15(8-10)4-5-16/h2-3,6-8,16H,4-5H2,1H3. The molecular formula is C12H13FN2O. The second-order valence-corrected chi connectivity index (χ2v) is 3.67. The van der Waals surface area contributed by atoms with Gasteiger partial charge >= 0.3 is 0 Å². The summed E-state index contributed by atoms with van der Waals surface area (Å²) < 4.78 is 14.8. The third-order valence-corrected chi connectivity index (χ3v) is 2.47. The number of rotatable bonds is 3. The molecule has 3 nitrogen and oxygen atoms in total. The molecule has 1 aromatic carbocycles. The maximum atomic E-state index is 13.1. The van der Waals surface area contributed by atoms with Gasteiger partial charge in [0, 0.05) is 11.8 Å². The molecule has 16 heavy (non-hydrogen) atoms. The average Bonchev–Trinajstić information content (AvgIpc) is 2.71. The van der Waals surface area contributed by atoms with Gasteiger partial charge in [-0.2, -0.15) is 5.10 Å². The average molecular weight is 220 g/mol. The van der Waals surface area contributed by atoms with Crippen molar-refractivity contribution < 1.29 is 9.50 Å². The van der Waals surface area contributed by atoms with Gasteiger partial charge < -0.3 is 5.11 Å². The fraction of sp³-hybridized carbons (Fsp3) is 0.250. The van der Waals surface area contributed by atoms with Gasteiger partial charge in [-0.25, -0.2) is 4.39 Å². The van der Waals surface area contributed by atoms with Gasteiger partial charge in [0.2, 0.25) is 0 Å². The summed E-state index contributed by atoms with van der Waals surface area (Å²) in [6.07, 6.45) is 3.48. The molecule has 4 heteroatoms. The number of hydrogen-bond acceptors (Lipinski definition) is 2. The van der Waals surface area contributed by atoms with E-state index in [0.29, 0.717) is 6.54 Å². The largest absolute Gasteiger partial charge is 0.394 e. The maximum Gasteiger partial charge on any atom is 0.123 e. The molecule has 0 spiro atoms. The fourth-order valence-electron chi connectivity index (χ4n) is 1.63. The number of aliphatic hydroxyl groups is 1. The molecule has 2 rings (SSSR count). The molecule has 0 radical (unpaired) electrons. The summed E-state index contributed by atoms with van der Waals surface area (Å²) in [4.78, 5) is 0. The van der Waals surface area contributed by atoms with Crippen LogP contribution >= 0.6 is 0 Å². The van der Waals surface area contributed by atoms with Crippen LogP contribution in [0.25, 0.3) is 11.1 Å². The van der Waals surface area contributed by atoms with E-state index in [2.05, 4.69) is 5.10 Å². The number of nitrogens with zero attached hydrogens (tertiary/aromatic N) is 2. The van der Waals surface area contributed by atoms with Crippen molar-refractivity contribution in [2.75, 3.05) is 6.61 Å². The quantitative estimate of drug-likeness (QED) is 0.859. The highest BCUT2D eigenvalue weighted by molar-refractivity contribution is 5.65. The Bertz CT molecular complexity index is 494. The number of halogens is 1. The molecule has 0 amide bonds. The van der Waals surface area contributed by atoms with Gasteiger partial charge in [-0.05, 0) is 30.2 Å². The zero-order valence-electron chi connectivity index (χ0n) is 9.02. The first-order chi connectivity index (χ1) is 7.70. The molecule has 0 fully saturated rings. The van der Waals surface area contributed by atoms with Crippen molar-refractivity contribution >= 4 is 0 Å². The van der Waals surface area contributed by atoms with E-state index in [9.17, 15) is 4.39 Å². The molecule has 0 unspecified atom stereocenters. The van der Waals surface area contributed by atoms with Crippen LogP contribution in [0.1, 0.15) is 5.56 Å². The summed E-state index contributed by atoms with van der Waals surface area (Å²) in [5.74, 6) is -0.254. The van der Waals surface area contributed by atoms with Crippen molar-refractivity contribution in [1.82, 2.24) is 9.78 Å². The van der Waals surface area contributed by atoms with E-state index in [4.69, 9.17) is 5.11 Å². The molecule has 1 aromatic heterocycles. The maximum absolute atomic E-state index is 13.1. The van der Waals surface area contributed by atoms with Crippen molar-refractivity contribution in [2.45, 2.75) is 13.5 Å². The number of benzene rings is 1. The zero-order valence-corrected chi connectivity index (χ0v) is 9.02. The molecule has 0 aliphatic carbocycles. The Morgan fingerprint density at radius 3 is 3.00 bits per heavy atom. The lowest BCUT2D eigenvalue weighted by molar-refractivity contribution is 0.269. The van der Waals surface area contributed by atoms with E-state index < -0.39 is 0 Å². The highest BCUT2D eigenvalue weighted by atomic mass is 19.1. The Morgan fingerprint density at radius 1 is 1.44 bits per heavy atom. The monoisotopic (exact) mass is 220 g/mol. The van der Waals surface area contributed by atoms with Crippen molar-refractivity contribution in [2.24, 2.45) is 0 Å². The summed E-state index contributed by atoms with van der Waals surface area (Å²) in [6.45, 7) is 2.43. The highest BCUT2D eigenvalue weighted by Gasteiger charge is 2.06. The van der Waals surface area contributed by atoms with Crippen LogP contribution in [0, 0.1) is 12.7 Å². The smallest absolute Gasteiger partial charge is 0.123 e. The second kappa shape index (κ2) is 4.45. The van der Waals surface area contributed by atoms with Crippen molar-refractivity contribution in [3.8, 4) is 11.1 Å². The highest BCUT2D eigenvalue weighted by Crippen LogP contribution is 2.23. The molecule has 0 bridgehead atoms. The van der Waals surface area contributed by atoms with Crippen LogP contribution < -0.4 is 0 Å². The lowest BCUT2D eigenvalue weighted by Crippen LogP contribution is -2.01. The minimum atomic E-state index is -0.254. The Hall–Kier alpha value is -1.68. The van der Waals surface area contributed by atoms with Crippen molar-refractivity contribution in [1.29, 1.82) is 0 Å². The first-order valence-corrected chi connectivity index (χ1v) is 5.10. The molecule has 2 aromatic rings. The van der Waals surface area contributed by atoms with Gasteiger partial charge in [0.05, 0.1) is 19.3 Å². The van der Waals surface area contributed by atoms with Gasteiger partial charge in [0.15, 0.2) is 0 Å². The third-order valence-electron chi connectivity index (χ3n) is 2.47. The first-order valence-electron chi connectivity index (χ1n) is 5.10. The Kier molecular flexibility index (Phi) is 3.01. The minimum Gasteiger partial charge on any atom is -0.394 e. The molecule has 0 aliphatic heterocycles. The topological polar surface area (TPSA) is 38.0 Å². The molecular weight excluding hydrogens is 207 g/mol. The lowest BCUT2D eigenvalue weighted by atomic mass is 10.0. The van der Waals surface area contributed by atoms with E-state index in [1.165, 1.54) is 12.1 Å². The SMILES string of the molecule is Cc1ccc(F)cc1-c1cnn(CCO)c1. The number of aliphatic hydroxyl groups excluding tert-OH is 1. The normalized spacial score (nSPS) is 10.7. The predicted molar refractivity (Wildman–Crippen MR) is 59.4 cm³/mol. The minimum absolute atomic E-state index is 0.0449. The van der Waals surface area contributed by atoms with Gasteiger partial charge in [0.1, 0.15) is 5.82 Å². The van der Waals surface area contributed by atoms with E-state index in [0.717, 1.165) is 16.7 Å². The van der Waals surface area contributed by atoms with Crippen LogP contribution in [0.15, 0.2) is 30.6 Å². The van der Waals surface area contributed by atoms with Crippen LogP contribution in [0.4, 0.5) is 4.39 Å². The predicted octanol–water partition coefficient (Wildman–Crippen LogP) is 1.99. The Balaban J connectivity index is 2.38. The summed E-state index contributed by atoms with van der Waals surface area (Å²) in [7, 11) is 0. The van der Waals surface area contributed by atoms with Gasteiger partial charge in [-0.3, -0.25) is 4.68 Å². The molecule has 84 valence electrons. The van der Waals surface area contributed by atoms with Crippen LogP contribution in [-0.4, -0.2) is 21.5 Å². The van der Waals surface area contributed by atoms with Crippen LogP contribution in [-0.2, 0) is 6.54 Å². The van der Waals surface area contributed by atoms with Crippen molar-refractivity contribution in [3.05, 3.63) is 42.0 Å². The number of aromatic nitrogens is 2.